The van der Waals surface area contributed by atoms with E-state index in [9.17, 15) is 18.4 Å². The monoisotopic (exact) mass is 384 g/mol. The zero-order valence-corrected chi connectivity index (χ0v) is 14.5. The molecule has 0 saturated carbocycles. The van der Waals surface area contributed by atoms with Gasteiger partial charge >= 0.3 is 6.03 Å². The Labute approximate surface area is 152 Å². The Hall–Kier alpha value is -2.18. The minimum Gasteiger partial charge on any atom is -0.319 e. The summed E-state index contributed by atoms with van der Waals surface area (Å²) in [6.45, 7) is 1.13. The van der Waals surface area contributed by atoms with E-state index in [0.717, 1.165) is 23.1 Å². The lowest BCUT2D eigenvalue weighted by Crippen LogP contribution is -2.41. The smallest absolute Gasteiger partial charge is 0.319 e. The molecule has 1 N–H and O–H groups in total. The highest BCUT2D eigenvalue weighted by atomic mass is 35.5. The molecule has 0 spiro atoms. The average Bonchev–Trinajstić information content (AvgIpc) is 2.77. The topological polar surface area (TPSA) is 49.4 Å². The normalized spacial score (nSPS) is 20.1. The molecule has 4 nitrogen and oxygen atoms in total. The van der Waals surface area contributed by atoms with Crippen molar-refractivity contribution in [2.24, 2.45) is 0 Å². The van der Waals surface area contributed by atoms with Crippen molar-refractivity contribution < 1.29 is 18.4 Å². The highest BCUT2D eigenvalue weighted by molar-refractivity contribution is 6.36. The van der Waals surface area contributed by atoms with Crippen molar-refractivity contribution >= 4 is 35.1 Å². The number of nitrogens with one attached hydrogen (secondary N) is 1. The third kappa shape index (κ3) is 2.96. The van der Waals surface area contributed by atoms with Gasteiger partial charge in [-0.05, 0) is 37.3 Å². The second kappa shape index (κ2) is 6.28. The average molecular weight is 385 g/mol. The lowest BCUT2D eigenvalue weighted by atomic mass is 9.91. The highest BCUT2D eigenvalue weighted by Gasteiger charge is 2.50. The van der Waals surface area contributed by atoms with E-state index in [1.165, 1.54) is 6.92 Å². The summed E-state index contributed by atoms with van der Waals surface area (Å²) in [4.78, 5) is 26.0. The minimum absolute atomic E-state index is 0.185. The summed E-state index contributed by atoms with van der Waals surface area (Å²) in [7, 11) is 0. The minimum atomic E-state index is -1.73. The number of nitrogens with zero attached hydrogens (tertiary/aromatic N) is 1. The Balaban J connectivity index is 1.99. The maximum absolute atomic E-state index is 14.1. The molecule has 0 aliphatic carbocycles. The van der Waals surface area contributed by atoms with Gasteiger partial charge in [0.25, 0.3) is 5.91 Å². The van der Waals surface area contributed by atoms with Gasteiger partial charge in [-0.2, -0.15) is 0 Å². The summed E-state index contributed by atoms with van der Waals surface area (Å²) in [6.07, 6.45) is 0. The number of carbonyl (C=O) groups excluding carboxylic acids is 2. The van der Waals surface area contributed by atoms with Crippen LogP contribution in [-0.2, 0) is 16.9 Å². The number of hydrogen-bond acceptors (Lipinski definition) is 2. The first-order valence-corrected chi connectivity index (χ1v) is 8.02. The van der Waals surface area contributed by atoms with Gasteiger partial charge in [0.2, 0.25) is 0 Å². The molecule has 2 aromatic rings. The molecule has 1 aliphatic rings. The SMILES string of the molecule is CC1(c2cc(F)ccc2F)NC(=O)N(Cc2c(Cl)cccc2Cl)C1=O. The Kier molecular flexibility index (Phi) is 4.43. The molecule has 3 amide bonds. The highest BCUT2D eigenvalue weighted by Crippen LogP contribution is 2.34. The van der Waals surface area contributed by atoms with Crippen LogP contribution in [0.5, 0.6) is 0 Å². The molecule has 1 unspecified atom stereocenters. The fourth-order valence-electron chi connectivity index (χ4n) is 2.75. The van der Waals surface area contributed by atoms with Crippen LogP contribution < -0.4 is 5.32 Å². The van der Waals surface area contributed by atoms with Gasteiger partial charge in [-0.1, -0.05) is 29.3 Å². The number of rotatable bonds is 3. The van der Waals surface area contributed by atoms with Crippen LogP contribution in [0.3, 0.4) is 0 Å². The van der Waals surface area contributed by atoms with Crippen LogP contribution in [0.15, 0.2) is 36.4 Å². The number of urea groups is 1. The molecule has 1 fully saturated rings. The molecule has 1 heterocycles. The van der Waals surface area contributed by atoms with Gasteiger partial charge in [-0.15, -0.1) is 0 Å². The third-order valence-corrected chi connectivity index (χ3v) is 4.83. The Morgan fingerprint density at radius 2 is 1.76 bits per heavy atom. The van der Waals surface area contributed by atoms with E-state index in [-0.39, 0.29) is 12.1 Å². The Bertz CT molecular complexity index is 871. The lowest BCUT2D eigenvalue weighted by Gasteiger charge is -2.23. The van der Waals surface area contributed by atoms with Crippen LogP contribution in [0, 0.1) is 11.6 Å². The summed E-state index contributed by atoms with van der Waals surface area (Å²) >= 11 is 12.1. The van der Waals surface area contributed by atoms with Crippen LogP contribution in [0.4, 0.5) is 13.6 Å². The summed E-state index contributed by atoms with van der Waals surface area (Å²) < 4.78 is 27.6. The molecule has 130 valence electrons. The zero-order chi connectivity index (χ0) is 18.4. The van der Waals surface area contributed by atoms with Gasteiger partial charge in [0.05, 0.1) is 6.54 Å². The van der Waals surface area contributed by atoms with E-state index in [1.54, 1.807) is 18.2 Å². The van der Waals surface area contributed by atoms with E-state index < -0.39 is 29.1 Å². The summed E-state index contributed by atoms with van der Waals surface area (Å²) in [5.41, 5.74) is -1.59. The van der Waals surface area contributed by atoms with Crippen molar-refractivity contribution in [2.45, 2.75) is 19.0 Å². The maximum atomic E-state index is 14.1. The van der Waals surface area contributed by atoms with Crippen LogP contribution in [0.2, 0.25) is 10.0 Å². The standard InChI is InChI=1S/C17H12Cl2F2N2O2/c1-17(11-7-9(20)5-6-14(11)21)15(24)23(16(25)22-17)8-10-12(18)3-2-4-13(10)19/h2-7H,8H2,1H3,(H,22,25). The molecule has 1 aliphatic heterocycles. The van der Waals surface area contributed by atoms with Gasteiger partial charge in [0.15, 0.2) is 0 Å². The largest absolute Gasteiger partial charge is 0.325 e. The van der Waals surface area contributed by atoms with Crippen LogP contribution in [0.25, 0.3) is 0 Å². The summed E-state index contributed by atoms with van der Waals surface area (Å²) in [5.74, 6) is -2.24. The van der Waals surface area contributed by atoms with Crippen molar-refractivity contribution in [1.29, 1.82) is 0 Å². The van der Waals surface area contributed by atoms with Crippen LogP contribution in [0.1, 0.15) is 18.1 Å². The van der Waals surface area contributed by atoms with Gasteiger partial charge in [0.1, 0.15) is 17.2 Å². The molecule has 3 rings (SSSR count). The van der Waals surface area contributed by atoms with E-state index in [4.69, 9.17) is 23.2 Å². The number of benzene rings is 2. The first-order valence-electron chi connectivity index (χ1n) is 7.26. The molecular formula is C17H12Cl2F2N2O2. The molecular weight excluding hydrogens is 373 g/mol. The fourth-order valence-corrected chi connectivity index (χ4v) is 3.26. The number of hydrogen-bond donors (Lipinski definition) is 1. The van der Waals surface area contributed by atoms with Crippen molar-refractivity contribution in [1.82, 2.24) is 10.2 Å². The molecule has 0 bridgehead atoms. The fraction of sp³-hybridized carbons (Fsp3) is 0.176. The van der Waals surface area contributed by atoms with Gasteiger partial charge in [-0.25, -0.2) is 13.6 Å². The second-order valence-electron chi connectivity index (χ2n) is 5.77. The molecule has 1 atom stereocenters. The van der Waals surface area contributed by atoms with Crippen molar-refractivity contribution in [3.63, 3.8) is 0 Å². The molecule has 0 radical (unpaired) electrons. The lowest BCUT2D eigenvalue weighted by molar-refractivity contribution is -0.131. The molecule has 8 heteroatoms. The summed E-state index contributed by atoms with van der Waals surface area (Å²) in [6, 6.07) is 6.77. The van der Waals surface area contributed by atoms with E-state index in [2.05, 4.69) is 5.32 Å². The van der Waals surface area contributed by atoms with Crippen LogP contribution in [-0.4, -0.2) is 16.8 Å². The quantitative estimate of drug-likeness (QED) is 0.804. The second-order valence-corrected chi connectivity index (χ2v) is 6.59. The molecule has 1 saturated heterocycles. The predicted molar refractivity (Wildman–Crippen MR) is 89.3 cm³/mol. The third-order valence-electron chi connectivity index (χ3n) is 4.12. The van der Waals surface area contributed by atoms with Gasteiger partial charge < -0.3 is 5.32 Å². The summed E-state index contributed by atoms with van der Waals surface area (Å²) in [5, 5.41) is 3.00. The maximum Gasteiger partial charge on any atom is 0.325 e. The number of amides is 3. The number of imide groups is 1. The van der Waals surface area contributed by atoms with Gasteiger partial charge in [0, 0.05) is 21.2 Å². The van der Waals surface area contributed by atoms with Crippen LogP contribution >= 0.6 is 23.2 Å². The predicted octanol–water partition coefficient (Wildman–Crippen LogP) is 4.24. The van der Waals surface area contributed by atoms with Crippen molar-refractivity contribution in [3.8, 4) is 0 Å². The first kappa shape index (κ1) is 17.6. The Morgan fingerprint density at radius 3 is 2.40 bits per heavy atom. The molecule has 25 heavy (non-hydrogen) atoms. The zero-order valence-electron chi connectivity index (χ0n) is 12.9. The molecule has 2 aromatic carbocycles. The number of carbonyl (C=O) groups is 2. The first-order chi connectivity index (χ1) is 11.7. The van der Waals surface area contributed by atoms with E-state index in [0.29, 0.717) is 15.6 Å². The number of halogens is 4. The molecule has 0 aromatic heterocycles. The van der Waals surface area contributed by atoms with Gasteiger partial charge in [-0.3, -0.25) is 9.69 Å². The van der Waals surface area contributed by atoms with Crippen molar-refractivity contribution in [2.75, 3.05) is 0 Å². The van der Waals surface area contributed by atoms with E-state index >= 15 is 0 Å². The van der Waals surface area contributed by atoms with Crippen molar-refractivity contribution in [3.05, 3.63) is 69.2 Å². The van der Waals surface area contributed by atoms with E-state index in [1.807, 2.05) is 0 Å². The Morgan fingerprint density at radius 1 is 1.12 bits per heavy atom.